The number of nitrogens with zero attached hydrogens (tertiary/aromatic N) is 16. The van der Waals surface area contributed by atoms with Gasteiger partial charge in [0.1, 0.15) is 36.4 Å². The van der Waals surface area contributed by atoms with Crippen LogP contribution in [0.2, 0.25) is 21.1 Å². The van der Waals surface area contributed by atoms with Crippen molar-refractivity contribution >= 4 is 80.8 Å². The Labute approximate surface area is 602 Å². The molecule has 29 heteroatoms. The average molecular weight is 1450 g/mol. The number of β-amino-alcohol motifs (C(OH)–C–C–N with tert-alkyl or cyclic N) is 4. The summed E-state index contributed by atoms with van der Waals surface area (Å²) in [6, 6.07) is 39.2. The number of nitrogens with two attached hydrogens (primary N) is 1. The molecular formula is C71H85Cl4FN18O6. The van der Waals surface area contributed by atoms with E-state index in [1.165, 1.54) is 49.4 Å². The molecule has 7 N–H and O–H groups in total. The Morgan fingerprint density at radius 3 is 1.25 bits per heavy atom. The Morgan fingerprint density at radius 1 is 0.460 bits per heavy atom. The molecule has 5 aliphatic rings. The van der Waals surface area contributed by atoms with Crippen molar-refractivity contribution in [3.63, 3.8) is 0 Å². The summed E-state index contributed by atoms with van der Waals surface area (Å²) in [5.74, 6) is 1.74. The highest BCUT2D eigenvalue weighted by Crippen LogP contribution is 2.25. The van der Waals surface area contributed by atoms with Crippen LogP contribution in [0.5, 0.6) is 0 Å². The van der Waals surface area contributed by atoms with Crippen LogP contribution in [0.4, 0.5) is 38.8 Å². The van der Waals surface area contributed by atoms with Crippen LogP contribution in [0.1, 0.15) is 105 Å². The summed E-state index contributed by atoms with van der Waals surface area (Å²) in [4.78, 5) is 61.8. The quantitative estimate of drug-likeness (QED) is 0.0398. The molecule has 0 spiro atoms. The van der Waals surface area contributed by atoms with Gasteiger partial charge in [-0.3, -0.25) is 10.1 Å². The van der Waals surface area contributed by atoms with Crippen LogP contribution in [0, 0.1) is 15.9 Å². The molecule has 9 heterocycles. The van der Waals surface area contributed by atoms with Crippen LogP contribution in [-0.2, 0) is 19.3 Å². The zero-order valence-electron chi connectivity index (χ0n) is 55.5. The maximum Gasteiger partial charge on any atom is 0.269 e. The summed E-state index contributed by atoms with van der Waals surface area (Å²) in [6.07, 6.45) is 21.3. The smallest absolute Gasteiger partial charge is 0.269 e. The lowest BCUT2D eigenvalue weighted by Gasteiger charge is -2.32. The Balaban J connectivity index is 0.000000153. The molecule has 14 rings (SSSR count). The van der Waals surface area contributed by atoms with Crippen molar-refractivity contribution in [2.45, 2.75) is 114 Å². The molecule has 530 valence electrons. The monoisotopic (exact) mass is 1440 g/mol. The maximum absolute atomic E-state index is 12.1. The minimum Gasteiger partial charge on any atom is -0.399 e. The number of hydrogen-bond acceptors (Lipinski definition) is 23. The van der Waals surface area contributed by atoms with E-state index in [-0.39, 0.29) is 51.2 Å². The second kappa shape index (κ2) is 41.9. The average Bonchev–Trinajstić information content (AvgIpc) is 0.877. The van der Waals surface area contributed by atoms with Gasteiger partial charge in [-0.05, 0) is 206 Å². The van der Waals surface area contributed by atoms with Gasteiger partial charge < -0.3 is 51.1 Å². The number of nitro benzene ring substituents is 1. The van der Waals surface area contributed by atoms with Gasteiger partial charge in [0.15, 0.2) is 0 Å². The summed E-state index contributed by atoms with van der Waals surface area (Å²) in [5, 5.41) is 51.6. The van der Waals surface area contributed by atoms with Crippen molar-refractivity contribution in [1.82, 2.24) is 60.1 Å². The van der Waals surface area contributed by atoms with Crippen LogP contribution in [-0.4, -0.2) is 170 Å². The molecule has 4 atom stereocenters. The second-order valence-corrected chi connectivity index (χ2v) is 25.6. The van der Waals surface area contributed by atoms with Gasteiger partial charge in [-0.15, -0.1) is 0 Å². The standard InChI is InChI=1S/C16H19N3.2C15H17ClN4O.C11H16N2O.C6H4FNO2.C5H11NO.C3HCl2N3/c1-3-7-14(8-4-1)11-15-12-17-16(18-13-15)19-9-5-2-6-10-19;2*16-15-18-10-17-14(19-15)8-11-3-5-12(6-4-11)20-7-1-2-13(21)9-20;12-9-3-5-10(6-4-9)13-7-1-2-11(14)8-13;7-5-1-3-6(4-2-5)8(9)10;7-5-2-1-3-6-4-5;4-2-6-1-7-3(5)8-2/h1,3-4,7-8,12-13H,2,5-6,9-11H2;2*3-6,10,13,21H,1-2,7-9H2;3-6,11,14H,1-2,7-8,12H2;1-4H;5-7H,1-4H2;1H/t;2*13-;11-;;5-;/m.111.1./s1. The largest absolute Gasteiger partial charge is 0.399 e. The SMILES string of the molecule is Clc1ncnc(Cl)n1.Nc1ccc(N2CCC[C@@H](O)C2)cc1.O=[N+]([O-])c1ccc(F)cc1.O[C@@H]1CCCN(c2ccc(Cc3ncnc(Cl)n3)cc2)C1.O[C@@H]1CCCN(c2ccc(Cc3ncnc(Cl)n3)cc2)C1.O[C@@H]1CCCNC1.c1ccc(Cc2cnc(N3CCCCC3)nc2)cc1. The van der Waals surface area contributed by atoms with E-state index < -0.39 is 10.7 Å². The first-order valence-electron chi connectivity index (χ1n) is 33.3. The first-order chi connectivity index (χ1) is 48.5. The molecule has 0 saturated carbocycles. The highest BCUT2D eigenvalue weighted by Gasteiger charge is 2.21. The molecule has 24 nitrogen and oxygen atoms in total. The van der Waals surface area contributed by atoms with E-state index in [2.05, 4.69) is 153 Å². The normalized spacial score (nSPS) is 17.9. The molecule has 4 aromatic heterocycles. The summed E-state index contributed by atoms with van der Waals surface area (Å²) >= 11 is 22.1. The van der Waals surface area contributed by atoms with E-state index in [1.54, 1.807) is 0 Å². The van der Waals surface area contributed by atoms with Crippen molar-refractivity contribution in [2.24, 2.45) is 0 Å². The second-order valence-electron chi connectivity index (χ2n) is 24.2. The third-order valence-electron chi connectivity index (χ3n) is 16.4. The number of aliphatic hydroxyl groups is 4. The van der Waals surface area contributed by atoms with Crippen LogP contribution in [0.15, 0.2) is 159 Å². The minimum atomic E-state index is -0.570. The fraction of sp³-hybridized carbons (Fsp3) is 0.394. The summed E-state index contributed by atoms with van der Waals surface area (Å²) in [6.45, 7) is 9.25. The summed E-state index contributed by atoms with van der Waals surface area (Å²) in [5.41, 5.74) is 14.5. The Bertz CT molecular complexity index is 3680. The predicted octanol–water partition coefficient (Wildman–Crippen LogP) is 11.1. The van der Waals surface area contributed by atoms with E-state index >= 15 is 0 Å². The summed E-state index contributed by atoms with van der Waals surface area (Å²) in [7, 11) is 0. The molecule has 5 aromatic carbocycles. The fourth-order valence-electron chi connectivity index (χ4n) is 11.2. The van der Waals surface area contributed by atoms with E-state index in [1.807, 2.05) is 42.7 Å². The number of aromatic nitrogens is 11. The maximum atomic E-state index is 12.1. The zero-order valence-corrected chi connectivity index (χ0v) is 58.5. The Hall–Kier alpha value is -8.50. The van der Waals surface area contributed by atoms with Crippen molar-refractivity contribution in [3.05, 3.63) is 230 Å². The van der Waals surface area contributed by atoms with E-state index in [4.69, 9.17) is 57.2 Å². The lowest BCUT2D eigenvalue weighted by Crippen LogP contribution is -2.38. The van der Waals surface area contributed by atoms with Gasteiger partial charge in [0.05, 0.1) is 29.3 Å². The highest BCUT2D eigenvalue weighted by atomic mass is 35.5. The van der Waals surface area contributed by atoms with Crippen molar-refractivity contribution in [2.75, 3.05) is 90.8 Å². The third-order valence-corrected chi connectivity index (χ3v) is 17.1. The number of nitro groups is 1. The van der Waals surface area contributed by atoms with E-state index in [9.17, 15) is 29.8 Å². The molecule has 9 aromatic rings. The van der Waals surface area contributed by atoms with Gasteiger partial charge in [0, 0.05) is 125 Å². The Morgan fingerprint density at radius 2 is 0.870 bits per heavy atom. The zero-order chi connectivity index (χ0) is 70.9. The number of piperidine rings is 5. The lowest BCUT2D eigenvalue weighted by molar-refractivity contribution is -0.384. The van der Waals surface area contributed by atoms with Crippen LogP contribution >= 0.6 is 46.4 Å². The molecule has 0 unspecified atom stereocenters. The van der Waals surface area contributed by atoms with Gasteiger partial charge in [-0.25, -0.2) is 54.2 Å². The van der Waals surface area contributed by atoms with Gasteiger partial charge in [0.25, 0.3) is 5.69 Å². The first kappa shape index (κ1) is 77.2. The molecular weight excluding hydrogens is 1360 g/mol. The molecule has 5 fully saturated rings. The highest BCUT2D eigenvalue weighted by molar-refractivity contribution is 6.31. The fourth-order valence-corrected chi connectivity index (χ4v) is 11.8. The van der Waals surface area contributed by atoms with Crippen LogP contribution in [0.3, 0.4) is 0 Å². The number of anilines is 5. The van der Waals surface area contributed by atoms with Crippen LogP contribution in [0.25, 0.3) is 0 Å². The van der Waals surface area contributed by atoms with Gasteiger partial charge in [-0.2, -0.15) is 4.98 Å². The topological polar surface area (TPSA) is 317 Å². The summed E-state index contributed by atoms with van der Waals surface area (Å²) < 4.78 is 12.1. The number of nitrogens with one attached hydrogen (secondary N) is 1. The first-order valence-corrected chi connectivity index (χ1v) is 34.9. The van der Waals surface area contributed by atoms with E-state index in [0.29, 0.717) is 37.6 Å². The van der Waals surface area contributed by atoms with E-state index in [0.717, 1.165) is 174 Å². The molecule has 0 bridgehead atoms. The number of halogens is 5. The van der Waals surface area contributed by atoms with Crippen molar-refractivity contribution < 1.29 is 29.7 Å². The Kier molecular flexibility index (Phi) is 32.4. The number of hydrogen-bond donors (Lipinski definition) is 6. The van der Waals surface area contributed by atoms with Crippen LogP contribution < -0.4 is 30.7 Å². The molecule has 5 saturated heterocycles. The van der Waals surface area contributed by atoms with Gasteiger partial charge in [0.2, 0.25) is 27.1 Å². The van der Waals surface area contributed by atoms with Gasteiger partial charge in [-0.1, -0.05) is 54.6 Å². The number of aliphatic hydroxyl groups excluding tert-OH is 4. The number of rotatable bonds is 11. The minimum absolute atomic E-state index is 0.0752. The molecule has 5 aliphatic heterocycles. The third kappa shape index (κ3) is 28.3. The molecule has 0 radical (unpaired) electrons. The number of nitrogen functional groups attached to an aromatic ring is 1. The molecule has 0 aliphatic carbocycles. The van der Waals surface area contributed by atoms with Crippen molar-refractivity contribution in [1.29, 1.82) is 0 Å². The van der Waals surface area contributed by atoms with Gasteiger partial charge >= 0.3 is 0 Å². The number of non-ortho nitro benzene ring substituents is 1. The number of benzene rings is 5. The lowest BCUT2D eigenvalue weighted by atomic mass is 10.1. The predicted molar refractivity (Wildman–Crippen MR) is 390 cm³/mol. The molecule has 0 amide bonds. The van der Waals surface area contributed by atoms with Crippen molar-refractivity contribution in [3.8, 4) is 0 Å². The molecule has 100 heavy (non-hydrogen) atoms.